The van der Waals surface area contributed by atoms with Crippen LogP contribution in [0, 0.1) is 0 Å². The molecule has 0 atom stereocenters. The molecule has 0 saturated carbocycles. The van der Waals surface area contributed by atoms with Gasteiger partial charge in [0.1, 0.15) is 6.54 Å². The zero-order valence-electron chi connectivity index (χ0n) is 17.3. The Kier molecular flexibility index (Phi) is 6.04. The van der Waals surface area contributed by atoms with Crippen molar-refractivity contribution < 1.29 is 9.59 Å². The molecule has 2 amide bonds. The average molecular weight is 431 g/mol. The second kappa shape index (κ2) is 9.06. The number of fused-ring (bicyclic) bond motifs is 2. The van der Waals surface area contributed by atoms with Crippen molar-refractivity contribution in [3.05, 3.63) is 78.4 Å². The highest BCUT2D eigenvalue weighted by Gasteiger charge is 2.27. The maximum absolute atomic E-state index is 13.2. The summed E-state index contributed by atoms with van der Waals surface area (Å²) >= 11 is 1.66. The molecule has 0 spiro atoms. The topological polar surface area (TPSA) is 73.8 Å². The first-order valence-corrected chi connectivity index (χ1v) is 10.7. The van der Waals surface area contributed by atoms with Gasteiger partial charge in [0.15, 0.2) is 0 Å². The minimum absolute atomic E-state index is 0.0516. The SMILES string of the molecule is CC(=O)Nc1cccc(/C(C)=N\NCC(=O)N2c3ccccc3Sc3ccccc32)c1. The van der Waals surface area contributed by atoms with E-state index in [-0.39, 0.29) is 18.4 Å². The Hall–Kier alpha value is -3.58. The van der Waals surface area contributed by atoms with Crippen LogP contribution in [0.1, 0.15) is 19.4 Å². The number of rotatable bonds is 5. The second-order valence-corrected chi connectivity index (χ2v) is 8.14. The van der Waals surface area contributed by atoms with Crippen molar-refractivity contribution in [1.82, 2.24) is 5.43 Å². The van der Waals surface area contributed by atoms with Gasteiger partial charge in [0.05, 0.1) is 17.1 Å². The molecule has 4 rings (SSSR count). The van der Waals surface area contributed by atoms with E-state index in [1.165, 1.54) is 6.92 Å². The zero-order valence-corrected chi connectivity index (χ0v) is 18.1. The maximum atomic E-state index is 13.2. The van der Waals surface area contributed by atoms with Crippen LogP contribution in [0.4, 0.5) is 17.1 Å². The molecule has 0 saturated heterocycles. The number of hydrogen-bond donors (Lipinski definition) is 2. The Balaban J connectivity index is 1.50. The predicted molar refractivity (Wildman–Crippen MR) is 125 cm³/mol. The van der Waals surface area contributed by atoms with E-state index in [2.05, 4.69) is 15.8 Å². The van der Waals surface area contributed by atoms with Crippen LogP contribution in [0.2, 0.25) is 0 Å². The number of hydrazone groups is 1. The first kappa shape index (κ1) is 20.7. The number of amides is 2. The Morgan fingerprint density at radius 1 is 0.903 bits per heavy atom. The van der Waals surface area contributed by atoms with Crippen LogP contribution < -0.4 is 15.6 Å². The highest BCUT2D eigenvalue weighted by molar-refractivity contribution is 7.99. The number of nitrogens with zero attached hydrogens (tertiary/aromatic N) is 2. The molecule has 3 aromatic carbocycles. The molecular weight excluding hydrogens is 408 g/mol. The summed E-state index contributed by atoms with van der Waals surface area (Å²) in [5, 5.41) is 7.12. The van der Waals surface area contributed by atoms with Gasteiger partial charge >= 0.3 is 0 Å². The van der Waals surface area contributed by atoms with Gasteiger partial charge in [-0.25, -0.2) is 0 Å². The lowest BCUT2D eigenvalue weighted by molar-refractivity contribution is -0.117. The van der Waals surface area contributed by atoms with E-state index in [4.69, 9.17) is 0 Å². The lowest BCUT2D eigenvalue weighted by Crippen LogP contribution is -2.35. The average Bonchev–Trinajstić information content (AvgIpc) is 2.77. The monoisotopic (exact) mass is 430 g/mol. The third kappa shape index (κ3) is 4.62. The van der Waals surface area contributed by atoms with Crippen molar-refractivity contribution in [2.75, 3.05) is 16.8 Å². The summed E-state index contributed by atoms with van der Waals surface area (Å²) in [4.78, 5) is 28.3. The lowest BCUT2D eigenvalue weighted by Gasteiger charge is -2.30. The van der Waals surface area contributed by atoms with E-state index < -0.39 is 0 Å². The van der Waals surface area contributed by atoms with Crippen molar-refractivity contribution in [1.29, 1.82) is 0 Å². The quantitative estimate of drug-likeness (QED) is 0.451. The van der Waals surface area contributed by atoms with E-state index >= 15 is 0 Å². The summed E-state index contributed by atoms with van der Waals surface area (Å²) in [6, 6.07) is 23.2. The molecule has 1 aliphatic heterocycles. The molecule has 2 N–H and O–H groups in total. The first-order valence-electron chi connectivity index (χ1n) is 9.87. The third-order valence-corrected chi connectivity index (χ3v) is 5.89. The molecule has 0 aromatic heterocycles. The van der Waals surface area contributed by atoms with Gasteiger partial charge in [-0.05, 0) is 48.9 Å². The third-order valence-electron chi connectivity index (χ3n) is 4.76. The number of hydrogen-bond acceptors (Lipinski definition) is 5. The minimum atomic E-state index is -0.129. The summed E-state index contributed by atoms with van der Waals surface area (Å²) in [5.74, 6) is -0.223. The summed E-state index contributed by atoms with van der Waals surface area (Å²) in [5.41, 5.74) is 6.94. The van der Waals surface area contributed by atoms with Crippen molar-refractivity contribution in [2.45, 2.75) is 23.6 Å². The van der Waals surface area contributed by atoms with Crippen LogP contribution in [0.3, 0.4) is 0 Å². The molecule has 1 heterocycles. The number of carbonyl (C=O) groups is 2. The normalized spacial score (nSPS) is 12.6. The van der Waals surface area contributed by atoms with E-state index in [1.54, 1.807) is 16.7 Å². The van der Waals surface area contributed by atoms with Crippen LogP contribution in [-0.4, -0.2) is 24.1 Å². The van der Waals surface area contributed by atoms with Crippen molar-refractivity contribution in [3.8, 4) is 0 Å². The van der Waals surface area contributed by atoms with E-state index in [0.717, 1.165) is 32.4 Å². The molecule has 6 nitrogen and oxygen atoms in total. The minimum Gasteiger partial charge on any atom is -0.326 e. The Morgan fingerprint density at radius 2 is 1.55 bits per heavy atom. The molecular formula is C24H22N4O2S. The predicted octanol–water partition coefficient (Wildman–Crippen LogP) is 4.79. The largest absolute Gasteiger partial charge is 0.326 e. The first-order chi connectivity index (χ1) is 15.0. The number of nitrogens with one attached hydrogen (secondary N) is 2. The smallest absolute Gasteiger partial charge is 0.252 e. The summed E-state index contributed by atoms with van der Waals surface area (Å²) < 4.78 is 0. The number of carbonyl (C=O) groups excluding carboxylic acids is 2. The highest BCUT2D eigenvalue weighted by Crippen LogP contribution is 2.47. The molecule has 31 heavy (non-hydrogen) atoms. The van der Waals surface area contributed by atoms with Crippen molar-refractivity contribution >= 4 is 46.4 Å². The summed E-state index contributed by atoms with van der Waals surface area (Å²) in [6.45, 7) is 3.37. The van der Waals surface area contributed by atoms with Gasteiger partial charge in [0.25, 0.3) is 5.91 Å². The summed E-state index contributed by atoms with van der Waals surface area (Å²) in [7, 11) is 0. The van der Waals surface area contributed by atoms with E-state index in [0.29, 0.717) is 5.69 Å². The van der Waals surface area contributed by atoms with Crippen LogP contribution in [0.25, 0.3) is 0 Å². The highest BCUT2D eigenvalue weighted by atomic mass is 32.2. The fraction of sp³-hybridized carbons (Fsp3) is 0.125. The Bertz CT molecular complexity index is 1130. The lowest BCUT2D eigenvalue weighted by atomic mass is 10.1. The van der Waals surface area contributed by atoms with Gasteiger partial charge in [-0.1, -0.05) is 48.2 Å². The Morgan fingerprint density at radius 3 is 2.19 bits per heavy atom. The second-order valence-electron chi connectivity index (χ2n) is 7.06. The molecule has 0 radical (unpaired) electrons. The maximum Gasteiger partial charge on any atom is 0.252 e. The Labute approximate surface area is 185 Å². The van der Waals surface area contributed by atoms with Gasteiger partial charge in [-0.2, -0.15) is 5.10 Å². The van der Waals surface area contributed by atoms with Gasteiger partial charge in [-0.3, -0.25) is 14.5 Å². The standard InChI is InChI=1S/C24H22N4O2S/c1-16(18-8-7-9-19(14-18)26-17(2)29)27-25-15-24(30)28-20-10-3-5-12-22(20)31-23-13-6-4-11-21(23)28/h3-14,25H,15H2,1-2H3,(H,26,29)/b27-16-. The number of anilines is 3. The molecule has 0 aliphatic carbocycles. The molecule has 7 heteroatoms. The fourth-order valence-corrected chi connectivity index (χ4v) is 4.43. The molecule has 3 aromatic rings. The molecule has 1 aliphatic rings. The summed E-state index contributed by atoms with van der Waals surface area (Å²) in [6.07, 6.45) is 0. The van der Waals surface area contributed by atoms with Crippen molar-refractivity contribution in [2.24, 2.45) is 5.10 Å². The van der Waals surface area contributed by atoms with Crippen LogP contribution in [-0.2, 0) is 9.59 Å². The van der Waals surface area contributed by atoms with Crippen LogP contribution in [0.15, 0.2) is 87.7 Å². The van der Waals surface area contributed by atoms with E-state index in [1.807, 2.05) is 79.7 Å². The molecule has 156 valence electrons. The molecule has 0 fully saturated rings. The van der Waals surface area contributed by atoms with Crippen LogP contribution in [0.5, 0.6) is 0 Å². The number of para-hydroxylation sites is 2. The van der Waals surface area contributed by atoms with Gasteiger partial charge in [0, 0.05) is 22.4 Å². The van der Waals surface area contributed by atoms with Gasteiger partial charge in [-0.15, -0.1) is 0 Å². The van der Waals surface area contributed by atoms with Crippen molar-refractivity contribution in [3.63, 3.8) is 0 Å². The molecule has 0 unspecified atom stereocenters. The number of benzene rings is 3. The van der Waals surface area contributed by atoms with E-state index in [9.17, 15) is 9.59 Å². The van der Waals surface area contributed by atoms with Gasteiger partial charge in [0.2, 0.25) is 5.91 Å². The zero-order chi connectivity index (χ0) is 21.8. The van der Waals surface area contributed by atoms with Crippen LogP contribution >= 0.6 is 11.8 Å². The molecule has 0 bridgehead atoms. The fourth-order valence-electron chi connectivity index (χ4n) is 3.37. The van der Waals surface area contributed by atoms with Gasteiger partial charge < -0.3 is 10.7 Å².